The van der Waals surface area contributed by atoms with E-state index in [1.807, 2.05) is 0 Å². The first-order chi connectivity index (χ1) is 10.8. The van der Waals surface area contributed by atoms with Crippen molar-refractivity contribution in [3.8, 4) is 0 Å². The SMILES string of the molecule is CC1=C(C2=C(F)C(F)(F)C(F)(F)C2(F)F)c2ccccc2S1(=O)=O. The van der Waals surface area contributed by atoms with E-state index in [-0.39, 0.29) is 0 Å². The van der Waals surface area contributed by atoms with Gasteiger partial charge in [0.1, 0.15) is 0 Å². The fourth-order valence-corrected chi connectivity index (χ4v) is 4.29. The largest absolute Gasteiger partial charge is 0.383 e. The molecular weight excluding hydrogens is 365 g/mol. The molecule has 2 aliphatic rings. The molecule has 0 N–H and O–H groups in total. The minimum absolute atomic E-state index is 0.520. The zero-order valence-corrected chi connectivity index (χ0v) is 12.5. The van der Waals surface area contributed by atoms with E-state index in [0.29, 0.717) is 0 Å². The lowest BCUT2D eigenvalue weighted by Crippen LogP contribution is -2.49. The molecule has 0 radical (unpaired) electrons. The molecule has 1 aliphatic heterocycles. The molecule has 2 nitrogen and oxygen atoms in total. The quantitative estimate of drug-likeness (QED) is 0.687. The Morgan fingerprint density at radius 1 is 0.917 bits per heavy atom. The van der Waals surface area contributed by atoms with Gasteiger partial charge in [-0.25, -0.2) is 12.8 Å². The van der Waals surface area contributed by atoms with Gasteiger partial charge in [0.2, 0.25) is 9.84 Å². The van der Waals surface area contributed by atoms with Crippen molar-refractivity contribution in [3.05, 3.63) is 46.1 Å². The summed E-state index contributed by atoms with van der Waals surface area (Å²) < 4.78 is 120. The van der Waals surface area contributed by atoms with Gasteiger partial charge < -0.3 is 0 Å². The third-order valence-corrected chi connectivity index (χ3v) is 5.99. The number of rotatable bonds is 1. The maximum Gasteiger partial charge on any atom is 0.383 e. The minimum atomic E-state index is -6.02. The number of sulfone groups is 1. The van der Waals surface area contributed by atoms with E-state index in [1.54, 1.807) is 0 Å². The Morgan fingerprint density at radius 2 is 1.46 bits per heavy atom. The van der Waals surface area contributed by atoms with Crippen LogP contribution in [0.4, 0.5) is 30.7 Å². The maximum atomic E-state index is 13.9. The van der Waals surface area contributed by atoms with E-state index in [1.165, 1.54) is 12.1 Å². The van der Waals surface area contributed by atoms with Crippen LogP contribution in [0.2, 0.25) is 0 Å². The number of alkyl halides is 6. The molecule has 1 aromatic rings. The van der Waals surface area contributed by atoms with Crippen LogP contribution >= 0.6 is 0 Å². The highest BCUT2D eigenvalue weighted by atomic mass is 32.2. The van der Waals surface area contributed by atoms with Crippen LogP contribution in [0, 0.1) is 0 Å². The topological polar surface area (TPSA) is 34.1 Å². The molecule has 1 aromatic carbocycles. The highest BCUT2D eigenvalue weighted by Crippen LogP contribution is 2.63. The molecule has 3 rings (SSSR count). The second-order valence-electron chi connectivity index (χ2n) is 5.34. The van der Waals surface area contributed by atoms with E-state index in [9.17, 15) is 39.2 Å². The summed E-state index contributed by atoms with van der Waals surface area (Å²) in [4.78, 5) is -1.42. The van der Waals surface area contributed by atoms with Crippen LogP contribution in [0.5, 0.6) is 0 Å². The first kappa shape index (κ1) is 17.0. The summed E-state index contributed by atoms with van der Waals surface area (Å²) in [6, 6.07) is 4.37. The Morgan fingerprint density at radius 3 is 1.96 bits per heavy atom. The van der Waals surface area contributed by atoms with Crippen LogP contribution in [-0.2, 0) is 9.84 Å². The highest BCUT2D eigenvalue weighted by Gasteiger charge is 2.81. The Bertz CT molecular complexity index is 926. The minimum Gasteiger partial charge on any atom is -0.219 e. The summed E-state index contributed by atoms with van der Waals surface area (Å²) in [7, 11) is -4.36. The standard InChI is InChI=1S/C14H7F7O2S/c1-6-9(7-4-2-3-5-8(7)24(6,22)23)10-11(15)13(18,19)14(20,21)12(10,16)17/h2-5H,1H3. The summed E-state index contributed by atoms with van der Waals surface area (Å²) in [5.74, 6) is -20.4. The zero-order valence-electron chi connectivity index (χ0n) is 11.7. The maximum absolute atomic E-state index is 13.9. The Hall–Kier alpha value is -1.84. The van der Waals surface area contributed by atoms with Gasteiger partial charge in [0, 0.05) is 11.1 Å². The zero-order chi connectivity index (χ0) is 18.3. The number of hydrogen-bond acceptors (Lipinski definition) is 2. The lowest BCUT2D eigenvalue weighted by molar-refractivity contribution is -0.267. The van der Waals surface area contributed by atoms with Crippen molar-refractivity contribution in [1.82, 2.24) is 0 Å². The van der Waals surface area contributed by atoms with E-state index in [0.717, 1.165) is 19.1 Å². The highest BCUT2D eigenvalue weighted by molar-refractivity contribution is 7.95. The van der Waals surface area contributed by atoms with E-state index in [4.69, 9.17) is 0 Å². The molecule has 1 aliphatic carbocycles. The molecule has 0 saturated carbocycles. The normalized spacial score (nSPS) is 26.0. The first-order valence-corrected chi connectivity index (χ1v) is 7.87. The molecule has 0 fully saturated rings. The third kappa shape index (κ3) is 1.64. The molecule has 10 heteroatoms. The Balaban J connectivity index is 2.43. The third-order valence-electron chi connectivity index (χ3n) is 4.05. The van der Waals surface area contributed by atoms with Gasteiger partial charge in [-0.15, -0.1) is 0 Å². The first-order valence-electron chi connectivity index (χ1n) is 6.39. The molecule has 0 atom stereocenters. The van der Waals surface area contributed by atoms with Gasteiger partial charge >= 0.3 is 17.8 Å². The van der Waals surface area contributed by atoms with Crippen LogP contribution in [0.15, 0.2) is 45.5 Å². The van der Waals surface area contributed by atoms with Crippen molar-refractivity contribution in [2.45, 2.75) is 29.6 Å². The lowest BCUT2D eigenvalue weighted by Gasteiger charge is -2.25. The summed E-state index contributed by atoms with van der Waals surface area (Å²) in [6.07, 6.45) is 0. The van der Waals surface area contributed by atoms with Gasteiger partial charge in [0.25, 0.3) is 0 Å². The van der Waals surface area contributed by atoms with Crippen molar-refractivity contribution in [1.29, 1.82) is 0 Å². The van der Waals surface area contributed by atoms with Crippen LogP contribution in [0.1, 0.15) is 12.5 Å². The van der Waals surface area contributed by atoms with E-state index < -0.39 is 59.9 Å². The lowest BCUT2D eigenvalue weighted by atomic mass is 9.94. The fraction of sp³-hybridized carbons (Fsp3) is 0.286. The summed E-state index contributed by atoms with van der Waals surface area (Å²) in [6.45, 7) is 0.773. The number of hydrogen-bond donors (Lipinski definition) is 0. The molecule has 130 valence electrons. The van der Waals surface area contributed by atoms with Crippen molar-refractivity contribution in [3.63, 3.8) is 0 Å². The number of halogens is 7. The predicted octanol–water partition coefficient (Wildman–Crippen LogP) is 4.35. The van der Waals surface area contributed by atoms with Gasteiger partial charge in [-0.1, -0.05) is 18.2 Å². The van der Waals surface area contributed by atoms with E-state index in [2.05, 4.69) is 0 Å². The average Bonchev–Trinajstić information content (AvgIpc) is 2.72. The molecular formula is C14H7F7O2S. The van der Waals surface area contributed by atoms with Crippen molar-refractivity contribution in [2.75, 3.05) is 0 Å². The van der Waals surface area contributed by atoms with Gasteiger partial charge in [0.15, 0.2) is 5.83 Å². The van der Waals surface area contributed by atoms with Crippen molar-refractivity contribution >= 4 is 15.4 Å². The molecule has 0 amide bonds. The van der Waals surface area contributed by atoms with Gasteiger partial charge in [0.05, 0.1) is 15.4 Å². The van der Waals surface area contributed by atoms with Gasteiger partial charge in [-0.2, -0.15) is 26.3 Å². The summed E-state index contributed by atoms with van der Waals surface area (Å²) >= 11 is 0. The van der Waals surface area contributed by atoms with Crippen LogP contribution in [0.3, 0.4) is 0 Å². The average molecular weight is 372 g/mol. The molecule has 0 saturated heterocycles. The molecule has 0 unspecified atom stereocenters. The van der Waals surface area contributed by atoms with Crippen molar-refractivity contribution in [2.24, 2.45) is 0 Å². The monoisotopic (exact) mass is 372 g/mol. The Kier molecular flexibility index (Phi) is 3.12. The van der Waals surface area contributed by atoms with Crippen LogP contribution in [-0.4, -0.2) is 26.2 Å². The molecule has 1 heterocycles. The fourth-order valence-electron chi connectivity index (χ4n) is 2.76. The molecule has 0 aromatic heterocycles. The van der Waals surface area contributed by atoms with Crippen LogP contribution < -0.4 is 0 Å². The predicted molar refractivity (Wildman–Crippen MR) is 69.2 cm³/mol. The van der Waals surface area contributed by atoms with Crippen molar-refractivity contribution < 1.29 is 39.2 Å². The Labute approximate surface area is 131 Å². The second kappa shape index (κ2) is 4.41. The number of allylic oxidation sites excluding steroid dienone is 4. The summed E-state index contributed by atoms with van der Waals surface area (Å²) in [5, 5.41) is 0. The number of fused-ring (bicyclic) bond motifs is 1. The molecule has 0 spiro atoms. The molecule has 24 heavy (non-hydrogen) atoms. The summed E-state index contributed by atoms with van der Waals surface area (Å²) in [5.41, 5.74) is -3.96. The smallest absolute Gasteiger partial charge is 0.219 e. The second-order valence-corrected chi connectivity index (χ2v) is 7.40. The molecule has 0 bridgehead atoms. The number of benzene rings is 1. The van der Waals surface area contributed by atoms with Crippen LogP contribution in [0.25, 0.3) is 5.57 Å². The van der Waals surface area contributed by atoms with Gasteiger partial charge in [-0.3, -0.25) is 0 Å². The van der Waals surface area contributed by atoms with Gasteiger partial charge in [-0.05, 0) is 13.0 Å². The van der Waals surface area contributed by atoms with E-state index >= 15 is 0 Å².